The Kier molecular flexibility index (Phi) is 2.85. The van der Waals surface area contributed by atoms with E-state index in [9.17, 15) is 0 Å². The summed E-state index contributed by atoms with van der Waals surface area (Å²) in [5.74, 6) is 1.96. The zero-order valence-corrected chi connectivity index (χ0v) is 4.81. The molecule has 0 radical (unpaired) electrons. The van der Waals surface area contributed by atoms with Gasteiger partial charge in [-0.05, 0) is 18.4 Å². The molecule has 44 valence electrons. The van der Waals surface area contributed by atoms with Gasteiger partial charge in [0.2, 0.25) is 0 Å². The Morgan fingerprint density at radius 2 is 2.50 bits per heavy atom. The van der Waals surface area contributed by atoms with E-state index >= 15 is 0 Å². The minimum absolute atomic E-state index is 0.629. The quantitative estimate of drug-likeness (QED) is 0.400. The number of aliphatic hydroxyl groups excluding tert-OH is 1. The molecule has 0 aromatic rings. The first kappa shape index (κ1) is 7.15. The molecule has 0 aliphatic rings. The van der Waals surface area contributed by atoms with Crippen molar-refractivity contribution in [3.63, 3.8) is 0 Å². The Labute approximate surface area is 48.7 Å². The van der Waals surface area contributed by atoms with Crippen molar-refractivity contribution in [2.45, 2.75) is 13.0 Å². The largest absolute Gasteiger partial charge is 0.384 e. The van der Waals surface area contributed by atoms with Crippen molar-refractivity contribution in [1.29, 1.82) is 5.41 Å². The molecule has 0 amide bonds. The molecule has 0 saturated carbocycles. The molecular formula is C6H9NO. The lowest BCUT2D eigenvalue weighted by Crippen LogP contribution is -2.01. The summed E-state index contributed by atoms with van der Waals surface area (Å²) in [4.78, 5) is 0. The van der Waals surface area contributed by atoms with Crippen LogP contribution in [0, 0.1) is 5.41 Å². The predicted octanol–water partition coefficient (Wildman–Crippen LogP) is 0.728. The van der Waals surface area contributed by atoms with Crippen molar-refractivity contribution in [3.8, 4) is 0 Å². The SMILES string of the molecule is C=C(C)C(O)C=C=N. The molecule has 0 bridgehead atoms. The van der Waals surface area contributed by atoms with Gasteiger partial charge in [-0.3, -0.25) is 5.41 Å². The first-order valence-electron chi connectivity index (χ1n) is 2.27. The van der Waals surface area contributed by atoms with Crippen molar-refractivity contribution < 1.29 is 5.11 Å². The third-order valence-electron chi connectivity index (χ3n) is 0.746. The van der Waals surface area contributed by atoms with Crippen LogP contribution in [-0.4, -0.2) is 17.1 Å². The fourth-order valence-corrected chi connectivity index (χ4v) is 0.221. The van der Waals surface area contributed by atoms with Crippen molar-refractivity contribution in [2.75, 3.05) is 0 Å². The Morgan fingerprint density at radius 1 is 2.00 bits per heavy atom. The Hall–Kier alpha value is -0.850. The molecule has 0 aliphatic heterocycles. The van der Waals surface area contributed by atoms with Gasteiger partial charge >= 0.3 is 0 Å². The molecule has 0 fully saturated rings. The average molecular weight is 111 g/mol. The zero-order chi connectivity index (χ0) is 6.57. The third kappa shape index (κ3) is 2.35. The average Bonchev–Trinajstić information content (AvgIpc) is 1.67. The fraction of sp³-hybridized carbons (Fsp3) is 0.333. The van der Waals surface area contributed by atoms with E-state index in [1.165, 1.54) is 6.08 Å². The van der Waals surface area contributed by atoms with Crippen LogP contribution in [0.5, 0.6) is 0 Å². The molecule has 0 saturated heterocycles. The number of hydrogen-bond acceptors (Lipinski definition) is 2. The maximum absolute atomic E-state index is 8.79. The van der Waals surface area contributed by atoms with Crippen LogP contribution in [0.15, 0.2) is 18.2 Å². The highest BCUT2D eigenvalue weighted by Gasteiger charge is 1.95. The molecular weight excluding hydrogens is 102 g/mol. The second-order valence-electron chi connectivity index (χ2n) is 1.60. The second kappa shape index (κ2) is 3.19. The van der Waals surface area contributed by atoms with Gasteiger partial charge in [-0.2, -0.15) is 0 Å². The lowest BCUT2D eigenvalue weighted by Gasteiger charge is -1.98. The topological polar surface area (TPSA) is 44.1 Å². The lowest BCUT2D eigenvalue weighted by atomic mass is 10.2. The normalized spacial score (nSPS) is 11.8. The molecule has 0 aromatic heterocycles. The van der Waals surface area contributed by atoms with Crippen LogP contribution in [0.2, 0.25) is 0 Å². The van der Waals surface area contributed by atoms with Gasteiger partial charge in [0.15, 0.2) is 0 Å². The summed E-state index contributed by atoms with van der Waals surface area (Å²) in [7, 11) is 0. The van der Waals surface area contributed by atoms with Crippen LogP contribution in [0.3, 0.4) is 0 Å². The highest BCUT2D eigenvalue weighted by molar-refractivity contribution is 5.49. The Balaban J connectivity index is 3.82. The minimum Gasteiger partial charge on any atom is -0.384 e. The number of nitrogens with one attached hydrogen (secondary N) is 1. The maximum atomic E-state index is 8.79. The van der Waals surface area contributed by atoms with E-state index in [4.69, 9.17) is 10.5 Å². The number of hydrogen-bond donors (Lipinski definition) is 2. The Bertz CT molecular complexity index is 131. The van der Waals surface area contributed by atoms with Gasteiger partial charge in [-0.15, -0.1) is 0 Å². The molecule has 2 N–H and O–H groups in total. The molecule has 0 rings (SSSR count). The first-order valence-corrected chi connectivity index (χ1v) is 2.27. The van der Waals surface area contributed by atoms with Crippen LogP contribution >= 0.6 is 0 Å². The van der Waals surface area contributed by atoms with E-state index in [-0.39, 0.29) is 0 Å². The molecule has 2 heteroatoms. The molecule has 0 aliphatic carbocycles. The fourth-order valence-electron chi connectivity index (χ4n) is 0.221. The van der Waals surface area contributed by atoms with Gasteiger partial charge in [0.25, 0.3) is 0 Å². The second-order valence-corrected chi connectivity index (χ2v) is 1.60. The van der Waals surface area contributed by atoms with Crippen molar-refractivity contribution in [3.05, 3.63) is 18.2 Å². The zero-order valence-electron chi connectivity index (χ0n) is 4.81. The van der Waals surface area contributed by atoms with Crippen molar-refractivity contribution in [2.24, 2.45) is 0 Å². The molecule has 8 heavy (non-hydrogen) atoms. The van der Waals surface area contributed by atoms with Crippen molar-refractivity contribution in [1.82, 2.24) is 0 Å². The van der Waals surface area contributed by atoms with Crippen LogP contribution in [0.25, 0.3) is 0 Å². The first-order chi connectivity index (χ1) is 3.68. The summed E-state index contributed by atoms with van der Waals surface area (Å²) in [5, 5.41) is 15.2. The highest BCUT2D eigenvalue weighted by Crippen LogP contribution is 1.95. The highest BCUT2D eigenvalue weighted by atomic mass is 16.3. The molecule has 0 aromatic carbocycles. The van der Waals surface area contributed by atoms with E-state index in [0.29, 0.717) is 5.57 Å². The standard InChI is InChI=1S/C6H9NO/c1-5(2)6(8)3-4-7/h3,6-8H,1H2,2H3. The van der Waals surface area contributed by atoms with Crippen LogP contribution in [-0.2, 0) is 0 Å². The van der Waals surface area contributed by atoms with E-state index in [2.05, 4.69) is 6.58 Å². The molecule has 0 spiro atoms. The van der Waals surface area contributed by atoms with E-state index in [1.807, 2.05) is 5.87 Å². The van der Waals surface area contributed by atoms with E-state index < -0.39 is 6.10 Å². The Morgan fingerprint density at radius 3 is 2.62 bits per heavy atom. The van der Waals surface area contributed by atoms with Gasteiger partial charge in [-0.1, -0.05) is 6.58 Å². The predicted molar refractivity (Wildman–Crippen MR) is 33.1 cm³/mol. The van der Waals surface area contributed by atoms with E-state index in [0.717, 1.165) is 0 Å². The molecule has 2 nitrogen and oxygen atoms in total. The molecule has 0 heterocycles. The monoisotopic (exact) mass is 111 g/mol. The summed E-state index contributed by atoms with van der Waals surface area (Å²) in [6, 6.07) is 0. The molecule has 1 unspecified atom stereocenters. The van der Waals surface area contributed by atoms with E-state index in [1.54, 1.807) is 6.92 Å². The summed E-state index contributed by atoms with van der Waals surface area (Å²) >= 11 is 0. The smallest absolute Gasteiger partial charge is 0.101 e. The van der Waals surface area contributed by atoms with Gasteiger partial charge in [0.1, 0.15) is 6.10 Å². The maximum Gasteiger partial charge on any atom is 0.101 e. The summed E-state index contributed by atoms with van der Waals surface area (Å²) < 4.78 is 0. The van der Waals surface area contributed by atoms with Crippen LogP contribution in [0.4, 0.5) is 0 Å². The molecule has 1 atom stereocenters. The third-order valence-corrected chi connectivity index (χ3v) is 0.746. The van der Waals surface area contributed by atoms with Gasteiger partial charge in [0.05, 0.1) is 0 Å². The van der Waals surface area contributed by atoms with Gasteiger partial charge in [0, 0.05) is 6.08 Å². The number of aliphatic hydroxyl groups is 1. The lowest BCUT2D eigenvalue weighted by molar-refractivity contribution is 0.261. The summed E-state index contributed by atoms with van der Waals surface area (Å²) in [5.41, 5.74) is 0.629. The minimum atomic E-state index is -0.701. The van der Waals surface area contributed by atoms with Gasteiger partial charge in [-0.25, -0.2) is 0 Å². The van der Waals surface area contributed by atoms with Crippen molar-refractivity contribution >= 4 is 5.87 Å². The summed E-state index contributed by atoms with van der Waals surface area (Å²) in [6.07, 6.45) is 0.537. The number of rotatable bonds is 2. The van der Waals surface area contributed by atoms with Crippen LogP contribution < -0.4 is 0 Å². The summed E-state index contributed by atoms with van der Waals surface area (Å²) in [6.45, 7) is 5.16. The van der Waals surface area contributed by atoms with Crippen LogP contribution in [0.1, 0.15) is 6.92 Å². The van der Waals surface area contributed by atoms with Gasteiger partial charge < -0.3 is 5.11 Å².